The van der Waals surface area contributed by atoms with Crippen LogP contribution in [0.3, 0.4) is 0 Å². The van der Waals surface area contributed by atoms with E-state index in [0.717, 1.165) is 16.2 Å². The first-order valence-corrected chi connectivity index (χ1v) is 13.4. The second kappa shape index (κ2) is 11.0. The maximum absolute atomic E-state index is 13.6. The molecule has 2 amide bonds. The molecule has 0 aliphatic carbocycles. The highest BCUT2D eigenvalue weighted by Crippen LogP contribution is 2.36. The normalized spacial score (nSPS) is 10.9. The highest BCUT2D eigenvalue weighted by molar-refractivity contribution is 7.18. The summed E-state index contributed by atoms with van der Waals surface area (Å²) < 4.78 is 5.26. The second-order valence-electron chi connectivity index (χ2n) is 7.96. The number of fused-ring (bicyclic) bond motifs is 1. The molecule has 36 heavy (non-hydrogen) atoms. The first-order chi connectivity index (χ1) is 17.4. The predicted molar refractivity (Wildman–Crippen MR) is 145 cm³/mol. The van der Waals surface area contributed by atoms with Crippen molar-refractivity contribution in [2.45, 2.75) is 27.7 Å². The number of nitrogens with one attached hydrogen (secondary N) is 1. The van der Waals surface area contributed by atoms with Crippen LogP contribution in [0.5, 0.6) is 0 Å². The van der Waals surface area contributed by atoms with Gasteiger partial charge in [0.15, 0.2) is 0 Å². The minimum atomic E-state index is -0.570. The van der Waals surface area contributed by atoms with Crippen molar-refractivity contribution in [1.82, 2.24) is 9.88 Å². The van der Waals surface area contributed by atoms with Gasteiger partial charge in [0.1, 0.15) is 5.00 Å². The molecule has 4 rings (SSSR count). The summed E-state index contributed by atoms with van der Waals surface area (Å²) in [6.07, 6.45) is 0. The monoisotopic (exact) mass is 521 g/mol. The maximum Gasteiger partial charge on any atom is 0.341 e. The first-order valence-electron chi connectivity index (χ1n) is 11.7. The Labute approximate surface area is 217 Å². The zero-order valence-electron chi connectivity index (χ0n) is 20.6. The summed E-state index contributed by atoms with van der Waals surface area (Å²) in [6.45, 7) is 8.49. The number of carbonyl (C=O) groups excluding carboxylic acids is 3. The fraction of sp³-hybridized carbons (Fsp3) is 0.259. The van der Waals surface area contributed by atoms with Crippen molar-refractivity contribution in [3.8, 4) is 10.6 Å². The number of thiophene rings is 2. The van der Waals surface area contributed by atoms with Gasteiger partial charge in [0.05, 0.1) is 38.7 Å². The van der Waals surface area contributed by atoms with Crippen molar-refractivity contribution in [3.63, 3.8) is 0 Å². The van der Waals surface area contributed by atoms with Crippen LogP contribution < -0.4 is 5.32 Å². The molecule has 7 nitrogen and oxygen atoms in total. The van der Waals surface area contributed by atoms with Gasteiger partial charge in [-0.05, 0) is 56.8 Å². The Morgan fingerprint density at radius 3 is 2.47 bits per heavy atom. The summed E-state index contributed by atoms with van der Waals surface area (Å²) in [7, 11) is 0. The number of anilines is 1. The molecule has 9 heteroatoms. The van der Waals surface area contributed by atoms with Crippen LogP contribution in [0.15, 0.2) is 47.8 Å². The summed E-state index contributed by atoms with van der Waals surface area (Å²) >= 11 is 2.64. The van der Waals surface area contributed by atoms with Gasteiger partial charge in [0.25, 0.3) is 11.8 Å². The van der Waals surface area contributed by atoms with E-state index < -0.39 is 5.97 Å². The largest absolute Gasteiger partial charge is 0.462 e. The third-order valence-electron chi connectivity index (χ3n) is 5.83. The zero-order chi connectivity index (χ0) is 25.8. The highest BCUT2D eigenvalue weighted by atomic mass is 32.1. The molecule has 0 bridgehead atoms. The molecule has 0 aliphatic rings. The molecule has 0 spiro atoms. The predicted octanol–water partition coefficient (Wildman–Crippen LogP) is 6.24. The first kappa shape index (κ1) is 25.5. The van der Waals surface area contributed by atoms with Crippen LogP contribution in [0.1, 0.15) is 56.7 Å². The van der Waals surface area contributed by atoms with Crippen LogP contribution in [-0.2, 0) is 4.74 Å². The standard InChI is InChI=1S/C27H27N3O4S2/c1-5-30(6-2)26(32)23-16(4)22(27(33)34-7-3)25(36-23)29-24(31)18-15-20(21-13-10-14-35-21)28-19-12-9-8-11-17(18)19/h8-15H,5-7H2,1-4H3,(H,29,31). The Hall–Kier alpha value is -3.56. The molecule has 0 fully saturated rings. The Morgan fingerprint density at radius 1 is 1.06 bits per heavy atom. The van der Waals surface area contributed by atoms with Crippen molar-refractivity contribution >= 4 is 56.4 Å². The molecule has 4 aromatic rings. The number of hydrogen-bond acceptors (Lipinski definition) is 7. The molecule has 0 aliphatic heterocycles. The van der Waals surface area contributed by atoms with Crippen LogP contribution in [0.4, 0.5) is 5.00 Å². The summed E-state index contributed by atoms with van der Waals surface area (Å²) in [5, 5.41) is 5.86. The van der Waals surface area contributed by atoms with Gasteiger partial charge in [-0.1, -0.05) is 24.3 Å². The van der Waals surface area contributed by atoms with Crippen LogP contribution in [0.2, 0.25) is 0 Å². The SMILES string of the molecule is CCOC(=O)c1c(NC(=O)c2cc(-c3cccs3)nc3ccccc23)sc(C(=O)N(CC)CC)c1C. The number of amides is 2. The number of pyridine rings is 1. The van der Waals surface area contributed by atoms with E-state index in [9.17, 15) is 14.4 Å². The minimum Gasteiger partial charge on any atom is -0.462 e. The molecular weight excluding hydrogens is 494 g/mol. The van der Waals surface area contributed by atoms with E-state index in [1.807, 2.05) is 55.6 Å². The molecule has 1 aromatic carbocycles. The molecule has 0 unspecified atom stereocenters. The summed E-state index contributed by atoms with van der Waals surface area (Å²) in [6, 6.07) is 13.1. The van der Waals surface area contributed by atoms with E-state index in [1.165, 1.54) is 0 Å². The van der Waals surface area contributed by atoms with E-state index in [1.54, 1.807) is 36.2 Å². The molecular formula is C27H27N3O4S2. The molecule has 3 heterocycles. The third-order valence-corrected chi connectivity index (χ3v) is 7.92. The third kappa shape index (κ3) is 4.89. The summed E-state index contributed by atoms with van der Waals surface area (Å²) in [5.41, 5.74) is 2.53. The van der Waals surface area contributed by atoms with E-state index in [0.29, 0.717) is 50.7 Å². The van der Waals surface area contributed by atoms with Crippen molar-refractivity contribution in [3.05, 3.63) is 69.4 Å². The van der Waals surface area contributed by atoms with Gasteiger partial charge in [-0.15, -0.1) is 22.7 Å². The van der Waals surface area contributed by atoms with Crippen molar-refractivity contribution in [1.29, 1.82) is 0 Å². The van der Waals surface area contributed by atoms with Crippen LogP contribution >= 0.6 is 22.7 Å². The highest BCUT2D eigenvalue weighted by Gasteiger charge is 2.29. The van der Waals surface area contributed by atoms with Crippen LogP contribution in [0, 0.1) is 6.92 Å². The number of aromatic nitrogens is 1. The Morgan fingerprint density at radius 2 is 1.81 bits per heavy atom. The minimum absolute atomic E-state index is 0.178. The average Bonchev–Trinajstić information content (AvgIpc) is 3.52. The van der Waals surface area contributed by atoms with Crippen molar-refractivity contribution < 1.29 is 19.1 Å². The number of rotatable bonds is 8. The lowest BCUT2D eigenvalue weighted by atomic mass is 10.1. The second-order valence-corrected chi connectivity index (χ2v) is 9.93. The van der Waals surface area contributed by atoms with Gasteiger partial charge >= 0.3 is 5.97 Å². The fourth-order valence-electron chi connectivity index (χ4n) is 3.99. The molecule has 0 radical (unpaired) electrons. The van der Waals surface area contributed by atoms with Gasteiger partial charge in [-0.3, -0.25) is 9.59 Å². The number of carbonyl (C=O) groups is 3. The Bertz CT molecular complexity index is 1420. The van der Waals surface area contributed by atoms with Gasteiger partial charge in [0, 0.05) is 18.5 Å². The molecule has 186 valence electrons. The lowest BCUT2D eigenvalue weighted by Crippen LogP contribution is -2.30. The van der Waals surface area contributed by atoms with Gasteiger partial charge in [-0.25, -0.2) is 9.78 Å². The molecule has 0 saturated heterocycles. The summed E-state index contributed by atoms with van der Waals surface area (Å²) in [5.74, 6) is -1.14. The fourth-order valence-corrected chi connectivity index (χ4v) is 5.84. The zero-order valence-corrected chi connectivity index (χ0v) is 22.2. The smallest absolute Gasteiger partial charge is 0.341 e. The van der Waals surface area contributed by atoms with Crippen LogP contribution in [-0.4, -0.2) is 47.4 Å². The number of hydrogen-bond donors (Lipinski definition) is 1. The number of nitrogens with zero attached hydrogens (tertiary/aromatic N) is 2. The van der Waals surface area contributed by atoms with Gasteiger partial charge in [-0.2, -0.15) is 0 Å². The molecule has 3 aromatic heterocycles. The topological polar surface area (TPSA) is 88.6 Å². The molecule has 1 N–H and O–H groups in total. The van der Waals surface area contributed by atoms with E-state index in [2.05, 4.69) is 5.32 Å². The van der Waals surface area contributed by atoms with Crippen molar-refractivity contribution in [2.24, 2.45) is 0 Å². The van der Waals surface area contributed by atoms with E-state index in [-0.39, 0.29) is 24.0 Å². The molecule has 0 saturated carbocycles. The maximum atomic E-state index is 13.6. The quantitative estimate of drug-likeness (QED) is 0.277. The van der Waals surface area contributed by atoms with Gasteiger partial charge in [0.2, 0.25) is 0 Å². The van der Waals surface area contributed by atoms with Crippen molar-refractivity contribution in [2.75, 3.05) is 25.0 Å². The Kier molecular flexibility index (Phi) is 7.81. The van der Waals surface area contributed by atoms with E-state index in [4.69, 9.17) is 9.72 Å². The Balaban J connectivity index is 1.79. The lowest BCUT2D eigenvalue weighted by Gasteiger charge is -2.18. The van der Waals surface area contributed by atoms with Crippen LogP contribution in [0.25, 0.3) is 21.5 Å². The van der Waals surface area contributed by atoms with Gasteiger partial charge < -0.3 is 15.0 Å². The number of benzene rings is 1. The average molecular weight is 522 g/mol. The summed E-state index contributed by atoms with van der Waals surface area (Å²) in [4.78, 5) is 47.4. The molecule has 0 atom stereocenters. The number of ether oxygens (including phenoxy) is 1. The number of esters is 1. The number of para-hydroxylation sites is 1. The lowest BCUT2D eigenvalue weighted by molar-refractivity contribution is 0.0527. The van der Waals surface area contributed by atoms with E-state index >= 15 is 0 Å².